The zero-order chi connectivity index (χ0) is 19.2. The zero-order valence-electron chi connectivity index (χ0n) is 14.5. The van der Waals surface area contributed by atoms with Crippen LogP contribution in [0.3, 0.4) is 0 Å². The number of nitro benzene ring substituents is 1. The molecule has 1 N–H and O–H groups in total. The smallest absolute Gasteiger partial charge is 0.270 e. The lowest BCUT2D eigenvalue weighted by molar-refractivity contribution is -0.384. The van der Waals surface area contributed by atoms with E-state index < -0.39 is 10.8 Å². The summed E-state index contributed by atoms with van der Waals surface area (Å²) < 4.78 is 5.56. The second kappa shape index (κ2) is 8.41. The van der Waals surface area contributed by atoms with Crippen LogP contribution < -0.4 is 10.1 Å². The number of hydrogen-bond donors (Lipinski definition) is 1. The average molecular weight is 383 g/mol. The molecule has 1 aromatic heterocycles. The maximum atomic E-state index is 12.3. The number of nitrogens with zero attached hydrogens (tertiary/aromatic N) is 2. The highest BCUT2D eigenvalue weighted by Gasteiger charge is 2.13. The number of thiazole rings is 1. The van der Waals surface area contributed by atoms with Crippen molar-refractivity contribution in [1.29, 1.82) is 0 Å². The van der Waals surface area contributed by atoms with Gasteiger partial charge in [-0.25, -0.2) is 4.98 Å². The molecule has 138 valence electrons. The second-order valence-electron chi connectivity index (χ2n) is 5.67. The van der Waals surface area contributed by atoms with Gasteiger partial charge in [-0.2, -0.15) is 0 Å². The predicted octanol–water partition coefficient (Wildman–Crippen LogP) is 4.76. The van der Waals surface area contributed by atoms with Gasteiger partial charge in [0.05, 0.1) is 17.2 Å². The van der Waals surface area contributed by atoms with Gasteiger partial charge in [0, 0.05) is 28.6 Å². The maximum absolute atomic E-state index is 12.3. The Morgan fingerprint density at radius 3 is 2.74 bits per heavy atom. The molecule has 0 unspecified atom stereocenters. The molecule has 0 bridgehead atoms. The van der Waals surface area contributed by atoms with E-state index in [0.29, 0.717) is 11.7 Å². The van der Waals surface area contributed by atoms with Gasteiger partial charge in [-0.05, 0) is 36.8 Å². The van der Waals surface area contributed by atoms with Crippen molar-refractivity contribution in [2.24, 2.45) is 0 Å². The molecule has 0 atom stereocenters. The van der Waals surface area contributed by atoms with Gasteiger partial charge >= 0.3 is 0 Å². The number of nitro groups is 1. The first-order valence-corrected chi connectivity index (χ1v) is 9.19. The third-order valence-electron chi connectivity index (χ3n) is 3.67. The van der Waals surface area contributed by atoms with Crippen LogP contribution in [0.15, 0.2) is 53.9 Å². The molecule has 2 aromatic carbocycles. The largest absolute Gasteiger partial charge is 0.494 e. The molecule has 0 spiro atoms. The number of amides is 1. The Balaban J connectivity index is 1.69. The van der Waals surface area contributed by atoms with Crippen LogP contribution >= 0.6 is 11.3 Å². The fraction of sp³-hybridized carbons (Fsp3) is 0.158. The predicted molar refractivity (Wildman–Crippen MR) is 104 cm³/mol. The summed E-state index contributed by atoms with van der Waals surface area (Å²) in [6, 6.07) is 13.1. The average Bonchev–Trinajstić information content (AvgIpc) is 3.15. The van der Waals surface area contributed by atoms with Crippen LogP contribution in [-0.4, -0.2) is 22.4 Å². The number of carbonyl (C=O) groups is 1. The molecule has 3 aromatic rings. The van der Waals surface area contributed by atoms with E-state index in [1.807, 2.05) is 36.6 Å². The first-order chi connectivity index (χ1) is 13.1. The van der Waals surface area contributed by atoms with Crippen LogP contribution in [0.4, 0.5) is 10.8 Å². The molecule has 7 nitrogen and oxygen atoms in total. The molecule has 0 aliphatic carbocycles. The van der Waals surface area contributed by atoms with E-state index in [9.17, 15) is 14.9 Å². The molecular weight excluding hydrogens is 366 g/mol. The molecule has 3 rings (SSSR count). The Kier molecular flexibility index (Phi) is 5.77. The molecule has 0 aliphatic heterocycles. The summed E-state index contributed by atoms with van der Waals surface area (Å²) in [4.78, 5) is 27.0. The number of hydrogen-bond acceptors (Lipinski definition) is 6. The monoisotopic (exact) mass is 383 g/mol. The molecule has 0 saturated heterocycles. The molecular formula is C19H17N3O4S. The normalized spacial score (nSPS) is 10.4. The van der Waals surface area contributed by atoms with E-state index in [1.165, 1.54) is 35.6 Å². The molecule has 0 aliphatic rings. The topological polar surface area (TPSA) is 94.4 Å². The van der Waals surface area contributed by atoms with E-state index in [0.717, 1.165) is 23.4 Å². The van der Waals surface area contributed by atoms with Gasteiger partial charge < -0.3 is 4.74 Å². The standard InChI is InChI=1S/C19H17N3O4S/c1-2-10-26-16-8-6-13(7-9-16)17-12-27-19(20-17)21-18(23)14-4-3-5-15(11-14)22(24)25/h3-9,11-12H,2,10H2,1H3,(H,20,21,23). The molecule has 0 radical (unpaired) electrons. The van der Waals surface area contributed by atoms with Gasteiger partial charge in [-0.15, -0.1) is 11.3 Å². The van der Waals surface area contributed by atoms with E-state index in [-0.39, 0.29) is 11.3 Å². The van der Waals surface area contributed by atoms with Crippen LogP contribution in [0.2, 0.25) is 0 Å². The number of carbonyl (C=O) groups excluding carboxylic acids is 1. The maximum Gasteiger partial charge on any atom is 0.270 e. The van der Waals surface area contributed by atoms with Crippen molar-refractivity contribution >= 4 is 28.1 Å². The summed E-state index contributed by atoms with van der Waals surface area (Å²) in [6.45, 7) is 2.72. The van der Waals surface area contributed by atoms with Gasteiger partial charge in [0.1, 0.15) is 5.75 Å². The summed E-state index contributed by atoms with van der Waals surface area (Å²) in [5.74, 6) is 0.359. The van der Waals surface area contributed by atoms with Crippen LogP contribution in [0.5, 0.6) is 5.75 Å². The Morgan fingerprint density at radius 2 is 2.04 bits per heavy atom. The third-order valence-corrected chi connectivity index (χ3v) is 4.42. The van der Waals surface area contributed by atoms with Crippen LogP contribution in [0.1, 0.15) is 23.7 Å². The van der Waals surface area contributed by atoms with Crippen molar-refractivity contribution in [2.75, 3.05) is 11.9 Å². The number of anilines is 1. The Bertz CT molecular complexity index is 954. The van der Waals surface area contributed by atoms with Crippen molar-refractivity contribution in [3.8, 4) is 17.0 Å². The van der Waals surface area contributed by atoms with E-state index in [2.05, 4.69) is 10.3 Å². The van der Waals surface area contributed by atoms with Crippen molar-refractivity contribution in [3.63, 3.8) is 0 Å². The lowest BCUT2D eigenvalue weighted by Gasteiger charge is -2.04. The summed E-state index contributed by atoms with van der Waals surface area (Å²) in [6.07, 6.45) is 0.946. The van der Waals surface area contributed by atoms with Gasteiger partial charge in [0.25, 0.3) is 11.6 Å². The van der Waals surface area contributed by atoms with Crippen LogP contribution in [0.25, 0.3) is 11.3 Å². The van der Waals surface area contributed by atoms with Crippen LogP contribution in [0, 0.1) is 10.1 Å². The van der Waals surface area contributed by atoms with E-state index in [1.54, 1.807) is 0 Å². The van der Waals surface area contributed by atoms with Gasteiger partial charge in [-0.3, -0.25) is 20.2 Å². The van der Waals surface area contributed by atoms with Crippen molar-refractivity contribution in [3.05, 3.63) is 69.6 Å². The lowest BCUT2D eigenvalue weighted by atomic mass is 10.2. The minimum absolute atomic E-state index is 0.132. The highest BCUT2D eigenvalue weighted by atomic mass is 32.1. The third kappa shape index (κ3) is 4.68. The number of ether oxygens (including phenoxy) is 1. The fourth-order valence-electron chi connectivity index (χ4n) is 2.34. The summed E-state index contributed by atoms with van der Waals surface area (Å²) in [5, 5.41) is 15.8. The van der Waals surface area contributed by atoms with Crippen molar-refractivity contribution < 1.29 is 14.5 Å². The summed E-state index contributed by atoms with van der Waals surface area (Å²) in [7, 11) is 0. The van der Waals surface area contributed by atoms with Gasteiger partial charge in [0.2, 0.25) is 0 Å². The van der Waals surface area contributed by atoms with Gasteiger partial charge in [-0.1, -0.05) is 13.0 Å². The van der Waals surface area contributed by atoms with E-state index in [4.69, 9.17) is 4.74 Å². The van der Waals surface area contributed by atoms with E-state index >= 15 is 0 Å². The molecule has 0 fully saturated rings. The minimum Gasteiger partial charge on any atom is -0.494 e. The highest BCUT2D eigenvalue weighted by Crippen LogP contribution is 2.27. The van der Waals surface area contributed by atoms with Crippen molar-refractivity contribution in [2.45, 2.75) is 13.3 Å². The quantitative estimate of drug-likeness (QED) is 0.469. The van der Waals surface area contributed by atoms with Gasteiger partial charge in [0.15, 0.2) is 5.13 Å². The number of nitrogens with one attached hydrogen (secondary N) is 1. The Morgan fingerprint density at radius 1 is 1.26 bits per heavy atom. The Hall–Kier alpha value is -3.26. The zero-order valence-corrected chi connectivity index (χ0v) is 15.4. The molecule has 27 heavy (non-hydrogen) atoms. The first kappa shape index (κ1) is 18.5. The minimum atomic E-state index is -0.536. The number of non-ortho nitro benzene ring substituents is 1. The lowest BCUT2D eigenvalue weighted by Crippen LogP contribution is -2.11. The fourth-order valence-corrected chi connectivity index (χ4v) is 3.05. The van der Waals surface area contributed by atoms with Crippen LogP contribution in [-0.2, 0) is 0 Å². The molecule has 8 heteroatoms. The summed E-state index contributed by atoms with van der Waals surface area (Å²) in [5.41, 5.74) is 1.72. The van der Waals surface area contributed by atoms with Crippen molar-refractivity contribution in [1.82, 2.24) is 4.98 Å². The SMILES string of the molecule is CCCOc1ccc(-c2csc(NC(=O)c3cccc([N+](=O)[O-])c3)n2)cc1. The number of rotatable bonds is 7. The molecule has 1 heterocycles. The Labute approximate surface area is 159 Å². The first-order valence-electron chi connectivity index (χ1n) is 8.31. The second-order valence-corrected chi connectivity index (χ2v) is 6.53. The molecule has 0 saturated carbocycles. The molecule has 1 amide bonds. The highest BCUT2D eigenvalue weighted by molar-refractivity contribution is 7.14. The number of benzene rings is 2. The summed E-state index contributed by atoms with van der Waals surface area (Å²) >= 11 is 1.29. The number of aromatic nitrogens is 1.